The van der Waals surface area contributed by atoms with Crippen LogP contribution < -0.4 is 16.4 Å². The lowest BCUT2D eigenvalue weighted by molar-refractivity contribution is 0.424. The molecule has 14 heteroatoms. The minimum atomic E-state index is -1.54. The Morgan fingerprint density at radius 1 is 0.221 bits per heavy atom. The standard InChI is InChI=1S/C26H20B2O4.C26H16Br2.C14H8I2.C6H6BBrO2/c29-27(30)19-9-5-7-17(15-19)25-21-11-1-2-12-22(21)26(24-14-4-3-13-23(24)25)18-8-6-10-20(16-18)28(31)32;27-19-9-5-7-17(15-19)25-21-11-1-2-12-22(21)26(18-8-6-10-20(28)16-18)24-14-4-3-13-23(24)25;15-13-9-5-1-2-6-10(9)14(16)12-8-4-3-7-11(12)13;8-6-3-1-2-5(4-6)7(9)10/h1-16,29-32H;1-16H;1-8H;1-4,9-10H. The molecule has 0 bridgehead atoms. The van der Waals surface area contributed by atoms with E-state index in [2.05, 4.69) is 263 Å². The zero-order chi connectivity index (χ0) is 60.0. The Morgan fingerprint density at radius 2 is 0.419 bits per heavy atom. The van der Waals surface area contributed by atoms with E-state index in [9.17, 15) is 20.1 Å². The normalized spacial score (nSPS) is 11.0. The highest BCUT2D eigenvalue weighted by Crippen LogP contribution is 2.46. The van der Waals surface area contributed by atoms with Crippen molar-refractivity contribution >= 4 is 195 Å². The van der Waals surface area contributed by atoms with Gasteiger partial charge in [-0.25, -0.2) is 0 Å². The third-order valence-electron chi connectivity index (χ3n) is 15.0. The minimum absolute atomic E-state index is 0.435. The second kappa shape index (κ2) is 27.7. The molecular weight excluding hydrogens is 1490 g/mol. The molecular formula is C72H50B3Br3I2O6. The van der Waals surface area contributed by atoms with Crippen molar-refractivity contribution in [2.45, 2.75) is 0 Å². The van der Waals surface area contributed by atoms with Crippen molar-refractivity contribution in [1.82, 2.24) is 0 Å². The van der Waals surface area contributed by atoms with Gasteiger partial charge in [-0.2, -0.15) is 0 Å². The van der Waals surface area contributed by atoms with Gasteiger partial charge in [0.15, 0.2) is 0 Å². The molecule has 6 N–H and O–H groups in total. The smallest absolute Gasteiger partial charge is 0.423 e. The summed E-state index contributed by atoms with van der Waals surface area (Å²) in [6.45, 7) is 0. The van der Waals surface area contributed by atoms with Crippen LogP contribution in [0.25, 0.3) is 109 Å². The predicted octanol–water partition coefficient (Wildman–Crippen LogP) is 16.9. The Balaban J connectivity index is 0.000000129. The topological polar surface area (TPSA) is 121 Å². The van der Waals surface area contributed by atoms with Crippen LogP contribution in [-0.4, -0.2) is 51.5 Å². The molecule has 0 spiro atoms. The molecule has 0 aliphatic carbocycles. The van der Waals surface area contributed by atoms with Crippen molar-refractivity contribution in [2.75, 3.05) is 0 Å². The molecule has 0 heterocycles. The molecule has 0 radical (unpaired) electrons. The maximum Gasteiger partial charge on any atom is 0.488 e. The van der Waals surface area contributed by atoms with E-state index in [1.807, 2.05) is 54.6 Å². The highest BCUT2D eigenvalue weighted by Gasteiger charge is 2.21. The number of benzene rings is 14. The molecule has 0 atom stereocenters. The van der Waals surface area contributed by atoms with E-state index in [0.29, 0.717) is 16.4 Å². The fourth-order valence-electron chi connectivity index (χ4n) is 11.2. The summed E-state index contributed by atoms with van der Waals surface area (Å²) in [7, 11) is -4.46. The molecule has 0 aliphatic rings. The molecule has 14 aromatic carbocycles. The Labute approximate surface area is 552 Å². The van der Waals surface area contributed by atoms with E-state index in [1.54, 1.807) is 42.5 Å². The van der Waals surface area contributed by atoms with Crippen molar-refractivity contribution < 1.29 is 30.1 Å². The first-order valence-corrected chi connectivity index (χ1v) is 32.0. The molecule has 14 aromatic rings. The third-order valence-corrected chi connectivity index (χ3v) is 18.8. The maximum atomic E-state index is 9.70. The molecule has 0 saturated carbocycles. The van der Waals surface area contributed by atoms with Gasteiger partial charge in [0.05, 0.1) is 0 Å². The largest absolute Gasteiger partial charge is 0.488 e. The molecule has 0 saturated heterocycles. The average molecular weight is 1540 g/mol. The first-order valence-electron chi connectivity index (χ1n) is 27.4. The van der Waals surface area contributed by atoms with Gasteiger partial charge in [0.25, 0.3) is 0 Å². The summed E-state index contributed by atoms with van der Waals surface area (Å²) in [5.41, 5.74) is 10.2. The Bertz CT molecular complexity index is 4370. The first kappa shape index (κ1) is 61.2. The van der Waals surface area contributed by atoms with E-state index in [-0.39, 0.29) is 0 Å². The molecule has 0 unspecified atom stereocenters. The van der Waals surface area contributed by atoms with Crippen LogP contribution >= 0.6 is 93.0 Å². The van der Waals surface area contributed by atoms with E-state index < -0.39 is 21.4 Å². The Hall–Kier alpha value is -6.51. The number of rotatable bonds is 7. The minimum Gasteiger partial charge on any atom is -0.423 e. The fraction of sp³-hybridized carbons (Fsp3) is 0. The second-order valence-electron chi connectivity index (χ2n) is 20.3. The van der Waals surface area contributed by atoms with Gasteiger partial charge in [-0.1, -0.05) is 278 Å². The van der Waals surface area contributed by atoms with Gasteiger partial charge in [0.1, 0.15) is 0 Å². The van der Waals surface area contributed by atoms with Gasteiger partial charge in [0, 0.05) is 20.6 Å². The van der Waals surface area contributed by atoms with Gasteiger partial charge in [-0.15, -0.1) is 0 Å². The fourth-order valence-corrected chi connectivity index (χ4v) is 14.3. The van der Waals surface area contributed by atoms with Crippen molar-refractivity contribution in [3.8, 4) is 44.5 Å². The average Bonchev–Trinajstić information content (AvgIpc) is 2.98. The van der Waals surface area contributed by atoms with Gasteiger partial charge >= 0.3 is 21.4 Å². The van der Waals surface area contributed by atoms with Crippen molar-refractivity contribution in [3.05, 3.63) is 287 Å². The summed E-state index contributed by atoms with van der Waals surface area (Å²) in [6, 6.07) is 89.5. The maximum absolute atomic E-state index is 9.70. The molecule has 0 aliphatic heterocycles. The van der Waals surface area contributed by atoms with Crippen LogP contribution in [0, 0.1) is 7.14 Å². The third kappa shape index (κ3) is 13.2. The van der Waals surface area contributed by atoms with E-state index in [0.717, 1.165) is 57.2 Å². The molecule has 418 valence electrons. The number of hydrogen-bond acceptors (Lipinski definition) is 6. The summed E-state index contributed by atoms with van der Waals surface area (Å²) >= 11 is 15.4. The number of hydrogen-bond donors (Lipinski definition) is 6. The SMILES string of the molecule is Brc1cccc(-c2c3ccccc3c(-c3cccc(Br)c3)c3ccccc23)c1.Ic1c2ccccc2c(I)c2ccccc12.OB(O)c1cccc(-c2c3ccccc3c(-c3cccc(B(O)O)c3)c3ccccc23)c1.OB(O)c1cccc(Br)c1. The quantitative estimate of drug-likeness (QED) is 0.0537. The molecule has 0 amide bonds. The number of halogens is 5. The van der Waals surface area contributed by atoms with Crippen molar-refractivity contribution in [1.29, 1.82) is 0 Å². The molecule has 0 fully saturated rings. The van der Waals surface area contributed by atoms with Crippen LogP contribution in [0.1, 0.15) is 0 Å². The molecule has 86 heavy (non-hydrogen) atoms. The number of fused-ring (bicyclic) bond motifs is 6. The highest BCUT2D eigenvalue weighted by atomic mass is 127. The van der Waals surface area contributed by atoms with Gasteiger partial charge in [0.2, 0.25) is 0 Å². The zero-order valence-electron chi connectivity index (χ0n) is 45.7. The summed E-state index contributed by atoms with van der Waals surface area (Å²) in [5, 5.41) is 70.8. The van der Waals surface area contributed by atoms with Gasteiger partial charge < -0.3 is 30.1 Å². The molecule has 0 aromatic heterocycles. The van der Waals surface area contributed by atoms with Crippen LogP contribution in [0.2, 0.25) is 0 Å². The lowest BCUT2D eigenvalue weighted by atomic mass is 9.77. The molecule has 14 rings (SSSR count). The summed E-state index contributed by atoms with van der Waals surface area (Å²) in [4.78, 5) is 0. The van der Waals surface area contributed by atoms with Crippen molar-refractivity contribution in [3.63, 3.8) is 0 Å². The summed E-state index contributed by atoms with van der Waals surface area (Å²) < 4.78 is 5.73. The Morgan fingerprint density at radius 3 is 0.640 bits per heavy atom. The highest BCUT2D eigenvalue weighted by molar-refractivity contribution is 14.1. The molecule has 6 nitrogen and oxygen atoms in total. The predicted molar refractivity (Wildman–Crippen MR) is 391 cm³/mol. The van der Waals surface area contributed by atoms with Gasteiger partial charge in [-0.3, -0.25) is 0 Å². The van der Waals surface area contributed by atoms with E-state index in [4.69, 9.17) is 10.0 Å². The lowest BCUT2D eigenvalue weighted by Gasteiger charge is -2.18. The zero-order valence-corrected chi connectivity index (χ0v) is 54.8. The first-order chi connectivity index (χ1) is 41.7. The van der Waals surface area contributed by atoms with E-state index in [1.165, 1.54) is 72.5 Å². The van der Waals surface area contributed by atoms with E-state index >= 15 is 0 Å². The van der Waals surface area contributed by atoms with Crippen LogP contribution in [0.4, 0.5) is 0 Å². The van der Waals surface area contributed by atoms with Crippen LogP contribution in [-0.2, 0) is 0 Å². The summed E-state index contributed by atoms with van der Waals surface area (Å²) in [6.07, 6.45) is 0. The monoisotopic (exact) mass is 1530 g/mol. The lowest BCUT2D eigenvalue weighted by Crippen LogP contribution is -2.29. The second-order valence-corrected chi connectivity index (χ2v) is 25.3. The van der Waals surface area contributed by atoms with Crippen LogP contribution in [0.15, 0.2) is 280 Å². The summed E-state index contributed by atoms with van der Waals surface area (Å²) in [5.74, 6) is 0. The Kier molecular flexibility index (Phi) is 19.7. The van der Waals surface area contributed by atoms with Crippen LogP contribution in [0.3, 0.4) is 0 Å². The van der Waals surface area contributed by atoms with Gasteiger partial charge in [-0.05, 0) is 207 Å². The van der Waals surface area contributed by atoms with Crippen LogP contribution in [0.5, 0.6) is 0 Å². The van der Waals surface area contributed by atoms with Crippen molar-refractivity contribution in [2.24, 2.45) is 0 Å².